The van der Waals surface area contributed by atoms with Gasteiger partial charge in [-0.05, 0) is 54.4 Å². The zero-order valence-electron chi connectivity index (χ0n) is 13.3. The average Bonchev–Trinajstić information content (AvgIpc) is 2.42. The van der Waals surface area contributed by atoms with Gasteiger partial charge in [0.1, 0.15) is 11.9 Å². The molecule has 0 heterocycles. The molecule has 3 heteroatoms. The maximum absolute atomic E-state index is 8.86. The summed E-state index contributed by atoms with van der Waals surface area (Å²) >= 11 is 0. The Balaban J connectivity index is 2.15. The van der Waals surface area contributed by atoms with E-state index in [1.165, 1.54) is 12.8 Å². The molecule has 2 N–H and O–H groups in total. The van der Waals surface area contributed by atoms with E-state index in [0.717, 1.165) is 23.7 Å². The molecule has 3 nitrogen and oxygen atoms in total. The summed E-state index contributed by atoms with van der Waals surface area (Å²) in [6.45, 7) is 6.86. The van der Waals surface area contributed by atoms with Gasteiger partial charge in [-0.15, -0.1) is 0 Å². The molecular weight excluding hydrogens is 260 g/mol. The summed E-state index contributed by atoms with van der Waals surface area (Å²) in [6, 6.07) is 7.85. The van der Waals surface area contributed by atoms with Crippen LogP contribution >= 0.6 is 0 Å². The molecule has 0 amide bonds. The van der Waals surface area contributed by atoms with Crippen LogP contribution in [0.15, 0.2) is 18.2 Å². The van der Waals surface area contributed by atoms with Gasteiger partial charge in [-0.2, -0.15) is 5.26 Å². The van der Waals surface area contributed by atoms with Crippen LogP contribution < -0.4 is 10.5 Å². The monoisotopic (exact) mass is 286 g/mol. The van der Waals surface area contributed by atoms with Crippen molar-refractivity contribution in [2.75, 3.05) is 5.73 Å². The lowest BCUT2D eigenvalue weighted by Crippen LogP contribution is -2.36. The summed E-state index contributed by atoms with van der Waals surface area (Å²) in [7, 11) is 0. The number of nitrogens with two attached hydrogens (primary N) is 1. The van der Waals surface area contributed by atoms with Crippen molar-refractivity contribution < 1.29 is 4.74 Å². The van der Waals surface area contributed by atoms with Gasteiger partial charge in [-0.3, -0.25) is 0 Å². The number of nitrogens with zero attached hydrogens (tertiary/aromatic N) is 1. The first-order valence-corrected chi connectivity index (χ1v) is 7.93. The van der Waals surface area contributed by atoms with E-state index >= 15 is 0 Å². The summed E-state index contributed by atoms with van der Waals surface area (Å²) in [6.07, 6.45) is 4.25. The Hall–Kier alpha value is -1.69. The molecule has 1 saturated carbocycles. The third kappa shape index (κ3) is 3.91. The molecule has 114 valence electrons. The lowest BCUT2D eigenvalue weighted by atomic mass is 9.75. The zero-order valence-corrected chi connectivity index (χ0v) is 13.3. The fourth-order valence-electron chi connectivity index (χ4n) is 3.32. The molecule has 1 aromatic carbocycles. The average molecular weight is 286 g/mol. The predicted molar refractivity (Wildman–Crippen MR) is 85.9 cm³/mol. The third-order valence-electron chi connectivity index (χ3n) is 4.63. The molecule has 3 unspecified atom stereocenters. The van der Waals surface area contributed by atoms with Gasteiger partial charge in [0.25, 0.3) is 0 Å². The highest BCUT2D eigenvalue weighted by atomic mass is 16.5. The van der Waals surface area contributed by atoms with Crippen molar-refractivity contribution in [3.8, 4) is 11.8 Å². The van der Waals surface area contributed by atoms with Crippen LogP contribution in [0.5, 0.6) is 5.75 Å². The second-order valence-corrected chi connectivity index (χ2v) is 6.68. The number of hydrogen-bond donors (Lipinski definition) is 1. The molecule has 0 radical (unpaired) electrons. The van der Waals surface area contributed by atoms with Gasteiger partial charge in [-0.25, -0.2) is 0 Å². The fraction of sp³-hybridized carbons (Fsp3) is 0.611. The first kappa shape index (κ1) is 15.7. The maximum Gasteiger partial charge on any atom is 0.120 e. The topological polar surface area (TPSA) is 59.0 Å². The van der Waals surface area contributed by atoms with Gasteiger partial charge in [0.05, 0.1) is 12.5 Å². The molecule has 3 atom stereocenters. The highest BCUT2D eigenvalue weighted by Crippen LogP contribution is 2.36. The summed E-state index contributed by atoms with van der Waals surface area (Å²) in [5.74, 6) is 2.81. The molecule has 0 aliphatic heterocycles. The third-order valence-corrected chi connectivity index (χ3v) is 4.63. The van der Waals surface area contributed by atoms with Gasteiger partial charge in [0.15, 0.2) is 0 Å². The van der Waals surface area contributed by atoms with E-state index in [1.807, 2.05) is 18.2 Å². The van der Waals surface area contributed by atoms with E-state index in [2.05, 4.69) is 26.8 Å². The standard InChI is InChI=1S/C18H26N2O/c1-12(2)16-6-4-13(3)10-18(16)21-15-5-7-17(20)14(11-15)8-9-19/h5,7,11-13,16,18H,4,6,8,10,20H2,1-3H3. The van der Waals surface area contributed by atoms with Crippen LogP contribution in [0.3, 0.4) is 0 Å². The highest BCUT2D eigenvalue weighted by Gasteiger charge is 2.32. The summed E-state index contributed by atoms with van der Waals surface area (Å²) in [5, 5.41) is 8.86. The van der Waals surface area contributed by atoms with Crippen molar-refractivity contribution in [2.45, 2.75) is 52.6 Å². The van der Waals surface area contributed by atoms with Crippen LogP contribution in [0.4, 0.5) is 5.69 Å². The van der Waals surface area contributed by atoms with Crippen LogP contribution in [0, 0.1) is 29.1 Å². The molecule has 21 heavy (non-hydrogen) atoms. The van der Waals surface area contributed by atoms with Crippen LogP contribution in [-0.2, 0) is 6.42 Å². The molecule has 0 spiro atoms. The van der Waals surface area contributed by atoms with Crippen LogP contribution in [0.1, 0.15) is 45.6 Å². The first-order chi connectivity index (χ1) is 10.0. The zero-order chi connectivity index (χ0) is 15.4. The van der Waals surface area contributed by atoms with E-state index in [4.69, 9.17) is 15.7 Å². The first-order valence-electron chi connectivity index (χ1n) is 7.93. The van der Waals surface area contributed by atoms with E-state index in [0.29, 0.717) is 23.9 Å². The van der Waals surface area contributed by atoms with Gasteiger partial charge in [0.2, 0.25) is 0 Å². The van der Waals surface area contributed by atoms with Crippen molar-refractivity contribution in [1.82, 2.24) is 0 Å². The molecular formula is C18H26N2O. The minimum absolute atomic E-state index is 0.271. The largest absolute Gasteiger partial charge is 0.490 e. The number of nitrogen functional groups attached to an aromatic ring is 1. The van der Waals surface area contributed by atoms with Gasteiger partial charge < -0.3 is 10.5 Å². The summed E-state index contributed by atoms with van der Waals surface area (Å²) in [5.41, 5.74) is 7.43. The molecule has 0 bridgehead atoms. The van der Waals surface area contributed by atoms with Crippen molar-refractivity contribution in [2.24, 2.45) is 17.8 Å². The lowest BCUT2D eigenvalue weighted by molar-refractivity contribution is 0.0460. The number of anilines is 1. The SMILES string of the molecule is CC1CCC(C(C)C)C(Oc2ccc(N)c(CC#N)c2)C1. The minimum Gasteiger partial charge on any atom is -0.490 e. The van der Waals surface area contributed by atoms with Crippen molar-refractivity contribution in [3.63, 3.8) is 0 Å². The van der Waals surface area contributed by atoms with Crippen molar-refractivity contribution in [3.05, 3.63) is 23.8 Å². The Labute approximate surface area is 128 Å². The molecule has 2 rings (SSSR count). The summed E-state index contributed by atoms with van der Waals surface area (Å²) < 4.78 is 6.28. The number of rotatable bonds is 4. The molecule has 0 saturated heterocycles. The van der Waals surface area contributed by atoms with Crippen LogP contribution in [0.2, 0.25) is 0 Å². The smallest absolute Gasteiger partial charge is 0.120 e. The summed E-state index contributed by atoms with van der Waals surface area (Å²) in [4.78, 5) is 0. The molecule has 1 fully saturated rings. The maximum atomic E-state index is 8.86. The Morgan fingerprint density at radius 1 is 1.38 bits per heavy atom. The van der Waals surface area contributed by atoms with Gasteiger partial charge in [0, 0.05) is 5.69 Å². The predicted octanol–water partition coefficient (Wildman–Crippen LogP) is 4.17. The Kier molecular flexibility index (Phi) is 5.12. The molecule has 0 aromatic heterocycles. The molecule has 1 aliphatic carbocycles. The van der Waals surface area contributed by atoms with Gasteiger partial charge in [-0.1, -0.05) is 27.2 Å². The second-order valence-electron chi connectivity index (χ2n) is 6.68. The molecule has 1 aliphatic rings. The molecule has 1 aromatic rings. The normalized spacial score (nSPS) is 25.6. The van der Waals surface area contributed by atoms with Gasteiger partial charge >= 0.3 is 0 Å². The van der Waals surface area contributed by atoms with E-state index in [-0.39, 0.29) is 6.10 Å². The lowest BCUT2D eigenvalue weighted by Gasteiger charge is -2.37. The Bertz CT molecular complexity index is 518. The fourth-order valence-corrected chi connectivity index (χ4v) is 3.32. The number of ether oxygens (including phenoxy) is 1. The number of benzene rings is 1. The highest BCUT2D eigenvalue weighted by molar-refractivity contribution is 5.51. The van der Waals surface area contributed by atoms with Crippen LogP contribution in [0.25, 0.3) is 0 Å². The number of hydrogen-bond acceptors (Lipinski definition) is 3. The minimum atomic E-state index is 0.271. The van der Waals surface area contributed by atoms with E-state index in [1.54, 1.807) is 0 Å². The Morgan fingerprint density at radius 2 is 2.14 bits per heavy atom. The van der Waals surface area contributed by atoms with Crippen molar-refractivity contribution in [1.29, 1.82) is 5.26 Å². The van der Waals surface area contributed by atoms with E-state index < -0.39 is 0 Å². The van der Waals surface area contributed by atoms with E-state index in [9.17, 15) is 0 Å². The quantitative estimate of drug-likeness (QED) is 0.845. The van der Waals surface area contributed by atoms with Crippen molar-refractivity contribution >= 4 is 5.69 Å². The van der Waals surface area contributed by atoms with Crippen LogP contribution in [-0.4, -0.2) is 6.10 Å². The number of nitriles is 1. The second kappa shape index (κ2) is 6.85. The Morgan fingerprint density at radius 3 is 2.81 bits per heavy atom.